The largest absolute Gasteiger partial charge is 0.361 e. The molecule has 0 N–H and O–H groups in total. The quantitative estimate of drug-likeness (QED) is 0.327. The van der Waals surface area contributed by atoms with Gasteiger partial charge in [0, 0.05) is 26.1 Å². The van der Waals surface area contributed by atoms with E-state index in [0.717, 1.165) is 6.04 Å². The molecule has 9 heteroatoms. The summed E-state index contributed by atoms with van der Waals surface area (Å²) in [5.74, 6) is 0. The predicted molar refractivity (Wildman–Crippen MR) is 90.5 cm³/mol. The van der Waals surface area contributed by atoms with Crippen LogP contribution in [0.3, 0.4) is 0 Å². The minimum absolute atomic E-state index is 0.122. The van der Waals surface area contributed by atoms with E-state index in [4.69, 9.17) is 27.9 Å². The van der Waals surface area contributed by atoms with E-state index in [2.05, 4.69) is 24.6 Å². The van der Waals surface area contributed by atoms with Gasteiger partial charge in [-0.05, 0) is 6.04 Å². The first-order valence-electron chi connectivity index (χ1n) is 6.76. The Morgan fingerprint density at radius 3 is 2.68 bits per heavy atom. The van der Waals surface area contributed by atoms with Gasteiger partial charge in [-0.3, -0.25) is 14.7 Å². The molecule has 0 radical (unpaired) electrons. The molecular formula is C13H17Cl2N3O3Si. The fourth-order valence-corrected chi connectivity index (χ4v) is 3.13. The highest BCUT2D eigenvalue weighted by atomic mass is 35.5. The third-order valence-electron chi connectivity index (χ3n) is 3.19. The Kier molecular flexibility index (Phi) is 5.11. The van der Waals surface area contributed by atoms with Gasteiger partial charge in [0.05, 0.1) is 9.95 Å². The molecule has 0 saturated carbocycles. The maximum Gasteiger partial charge on any atom is 0.288 e. The van der Waals surface area contributed by atoms with Crippen molar-refractivity contribution in [1.29, 1.82) is 0 Å². The molecule has 0 bridgehead atoms. The molecule has 2 rings (SSSR count). The van der Waals surface area contributed by atoms with Crippen LogP contribution in [0.5, 0.6) is 0 Å². The highest BCUT2D eigenvalue weighted by molar-refractivity contribution is 6.76. The molecule has 0 atom stereocenters. The van der Waals surface area contributed by atoms with Crippen LogP contribution in [0.15, 0.2) is 12.3 Å². The summed E-state index contributed by atoms with van der Waals surface area (Å²) in [6, 6.07) is 2.41. The van der Waals surface area contributed by atoms with Crippen molar-refractivity contribution in [3.8, 4) is 0 Å². The Morgan fingerprint density at radius 2 is 2.09 bits per heavy atom. The number of rotatable bonds is 6. The van der Waals surface area contributed by atoms with Crippen molar-refractivity contribution in [1.82, 2.24) is 9.55 Å². The Labute approximate surface area is 139 Å². The number of hydrogen-bond acceptors (Lipinski definition) is 4. The zero-order valence-corrected chi connectivity index (χ0v) is 15.1. The van der Waals surface area contributed by atoms with Crippen LogP contribution in [0, 0.1) is 10.1 Å². The third-order valence-corrected chi connectivity index (χ3v) is 5.77. The molecule has 120 valence electrons. The van der Waals surface area contributed by atoms with Crippen LogP contribution in [0.1, 0.15) is 0 Å². The lowest BCUT2D eigenvalue weighted by Gasteiger charge is -2.15. The van der Waals surface area contributed by atoms with Gasteiger partial charge in [-0.1, -0.05) is 42.8 Å². The number of nitrogens with zero attached hydrogens (tertiary/aromatic N) is 3. The first-order valence-corrected chi connectivity index (χ1v) is 11.2. The second kappa shape index (κ2) is 6.53. The second-order valence-electron chi connectivity index (χ2n) is 6.20. The third kappa shape index (κ3) is 3.78. The molecule has 2 aromatic rings. The van der Waals surface area contributed by atoms with Crippen molar-refractivity contribution < 1.29 is 9.66 Å². The van der Waals surface area contributed by atoms with Crippen LogP contribution in [-0.4, -0.2) is 29.2 Å². The average Bonchev–Trinajstić information content (AvgIpc) is 2.66. The zero-order valence-electron chi connectivity index (χ0n) is 12.6. The van der Waals surface area contributed by atoms with Crippen molar-refractivity contribution in [3.05, 3.63) is 32.6 Å². The summed E-state index contributed by atoms with van der Waals surface area (Å²) in [6.45, 7) is 7.66. The number of fused-ring (bicyclic) bond motifs is 1. The number of ether oxygens (including phenoxy) is 1. The molecule has 6 nitrogen and oxygen atoms in total. The average molecular weight is 362 g/mol. The van der Waals surface area contributed by atoms with Gasteiger partial charge in [0.25, 0.3) is 5.69 Å². The lowest BCUT2D eigenvalue weighted by atomic mass is 10.3. The maximum absolute atomic E-state index is 10.8. The summed E-state index contributed by atoms with van der Waals surface area (Å²) < 4.78 is 7.27. The summed E-state index contributed by atoms with van der Waals surface area (Å²) in [7, 11) is -1.16. The van der Waals surface area contributed by atoms with Crippen molar-refractivity contribution in [3.63, 3.8) is 0 Å². The summed E-state index contributed by atoms with van der Waals surface area (Å²) >= 11 is 12.3. The molecule has 22 heavy (non-hydrogen) atoms. The van der Waals surface area contributed by atoms with Gasteiger partial charge in [0.2, 0.25) is 0 Å². The minimum Gasteiger partial charge on any atom is -0.361 e. The van der Waals surface area contributed by atoms with Crippen molar-refractivity contribution in [2.24, 2.45) is 0 Å². The van der Waals surface area contributed by atoms with Crippen molar-refractivity contribution in [2.45, 2.75) is 32.4 Å². The van der Waals surface area contributed by atoms with Crippen LogP contribution in [0.2, 0.25) is 35.9 Å². The number of halogens is 2. The van der Waals surface area contributed by atoms with Gasteiger partial charge >= 0.3 is 0 Å². The van der Waals surface area contributed by atoms with E-state index in [-0.39, 0.29) is 22.6 Å². The number of nitro groups is 1. The first kappa shape index (κ1) is 17.2. The maximum atomic E-state index is 10.8. The van der Waals surface area contributed by atoms with Gasteiger partial charge in [0.15, 0.2) is 0 Å². The molecule has 0 aromatic carbocycles. The molecule has 0 aliphatic rings. The normalized spacial score (nSPS) is 12.0. The van der Waals surface area contributed by atoms with Gasteiger partial charge < -0.3 is 4.74 Å². The van der Waals surface area contributed by atoms with Gasteiger partial charge in [-0.2, -0.15) is 0 Å². The smallest absolute Gasteiger partial charge is 0.288 e. The first-order chi connectivity index (χ1) is 10.2. The van der Waals surface area contributed by atoms with E-state index >= 15 is 0 Å². The molecule has 0 aliphatic carbocycles. The minimum atomic E-state index is -1.16. The van der Waals surface area contributed by atoms with E-state index < -0.39 is 13.0 Å². The Balaban J connectivity index is 2.23. The number of pyridine rings is 1. The zero-order chi connectivity index (χ0) is 16.5. The Morgan fingerprint density at radius 1 is 1.41 bits per heavy atom. The van der Waals surface area contributed by atoms with Crippen LogP contribution in [-0.2, 0) is 11.5 Å². The highest BCUT2D eigenvalue weighted by Crippen LogP contribution is 2.34. The molecule has 0 spiro atoms. The molecular weight excluding hydrogens is 345 g/mol. The van der Waals surface area contributed by atoms with Crippen molar-refractivity contribution >= 4 is 48.0 Å². The fourth-order valence-electron chi connectivity index (χ4n) is 1.90. The SMILES string of the molecule is C[Si](C)(C)CCOCn1c(Cl)c(Cl)c2cc([N+](=O)[O-])cnc21. The van der Waals surface area contributed by atoms with Crippen LogP contribution < -0.4 is 0 Å². The van der Waals surface area contributed by atoms with E-state index in [1.54, 1.807) is 4.57 Å². The van der Waals surface area contributed by atoms with Crippen LogP contribution >= 0.6 is 23.2 Å². The number of hydrogen-bond donors (Lipinski definition) is 0. The predicted octanol–water partition coefficient (Wildman–Crippen LogP) is 4.56. The second-order valence-corrected chi connectivity index (χ2v) is 12.6. The molecule has 2 heterocycles. The topological polar surface area (TPSA) is 70.2 Å². The summed E-state index contributed by atoms with van der Waals surface area (Å²) in [5, 5.41) is 11.8. The lowest BCUT2D eigenvalue weighted by molar-refractivity contribution is -0.385. The summed E-state index contributed by atoms with van der Waals surface area (Å²) in [6.07, 6.45) is 1.19. The Hall–Kier alpha value is -1.15. The fraction of sp³-hybridized carbons (Fsp3) is 0.462. The van der Waals surface area contributed by atoms with Gasteiger partial charge in [-0.25, -0.2) is 4.98 Å². The van der Waals surface area contributed by atoms with Crippen LogP contribution in [0.25, 0.3) is 11.0 Å². The highest BCUT2D eigenvalue weighted by Gasteiger charge is 2.19. The lowest BCUT2D eigenvalue weighted by Crippen LogP contribution is -2.22. The standard InChI is InChI=1S/C13H17Cl2N3O3Si/c1-22(2,3)5-4-21-8-17-12(15)11(14)10-6-9(18(19)20)7-16-13(10)17/h6-7H,4-5,8H2,1-3H3. The molecule has 0 unspecified atom stereocenters. The van der Waals surface area contributed by atoms with Crippen molar-refractivity contribution in [2.75, 3.05) is 6.61 Å². The molecule has 0 aliphatic heterocycles. The molecule has 2 aromatic heterocycles. The summed E-state index contributed by atoms with van der Waals surface area (Å²) in [4.78, 5) is 14.4. The van der Waals surface area contributed by atoms with E-state index in [0.29, 0.717) is 17.6 Å². The van der Waals surface area contributed by atoms with E-state index in [1.807, 2.05) is 0 Å². The Bertz CT molecular complexity index is 713. The molecule has 0 amide bonds. The monoisotopic (exact) mass is 361 g/mol. The van der Waals surface area contributed by atoms with E-state index in [9.17, 15) is 10.1 Å². The number of aromatic nitrogens is 2. The molecule has 0 fully saturated rings. The van der Waals surface area contributed by atoms with Gasteiger partial charge in [-0.15, -0.1) is 0 Å². The van der Waals surface area contributed by atoms with Gasteiger partial charge in [0.1, 0.15) is 23.7 Å². The summed E-state index contributed by atoms with van der Waals surface area (Å²) in [5.41, 5.74) is 0.358. The molecule has 0 saturated heterocycles. The van der Waals surface area contributed by atoms with Crippen LogP contribution in [0.4, 0.5) is 5.69 Å². The van der Waals surface area contributed by atoms with E-state index in [1.165, 1.54) is 12.3 Å².